The van der Waals surface area contributed by atoms with Crippen molar-refractivity contribution in [3.8, 4) is 6.07 Å². The van der Waals surface area contributed by atoms with Crippen LogP contribution in [0.15, 0.2) is 34.5 Å². The van der Waals surface area contributed by atoms with E-state index in [1.165, 1.54) is 17.4 Å². The Morgan fingerprint density at radius 2 is 2.21 bits per heavy atom. The lowest BCUT2D eigenvalue weighted by molar-refractivity contribution is -0.145. The minimum absolute atomic E-state index is 0.123. The number of ether oxygens (including phenoxy) is 1. The Morgan fingerprint density at radius 1 is 1.46 bits per heavy atom. The molecule has 0 aliphatic heterocycles. The summed E-state index contributed by atoms with van der Waals surface area (Å²) in [7, 11) is 0. The molecule has 0 aliphatic carbocycles. The van der Waals surface area contributed by atoms with Gasteiger partial charge in [0.05, 0.1) is 11.8 Å². The number of ketones is 1. The highest BCUT2D eigenvalue weighted by molar-refractivity contribution is 8.00. The lowest BCUT2D eigenvalue weighted by Crippen LogP contribution is -2.20. The van der Waals surface area contributed by atoms with Crippen LogP contribution in [-0.4, -0.2) is 29.1 Å². The van der Waals surface area contributed by atoms with Gasteiger partial charge in [-0.15, -0.1) is 23.1 Å². The molecule has 1 atom stereocenters. The summed E-state index contributed by atoms with van der Waals surface area (Å²) in [5.74, 6) is -2.77. The number of nitrogens with zero attached hydrogens (tertiary/aromatic N) is 2. The molecule has 1 heterocycles. The molecule has 0 amide bonds. The maximum Gasteiger partial charge on any atom is 0.316 e. The van der Waals surface area contributed by atoms with E-state index in [1.54, 1.807) is 30.5 Å². The molecule has 0 spiro atoms. The van der Waals surface area contributed by atoms with E-state index in [9.17, 15) is 14.0 Å². The normalized spacial score (nSPS) is 11.5. The number of esters is 1. The van der Waals surface area contributed by atoms with Crippen molar-refractivity contribution in [3.63, 3.8) is 0 Å². The van der Waals surface area contributed by atoms with Gasteiger partial charge in [0.25, 0.3) is 0 Å². The van der Waals surface area contributed by atoms with E-state index in [1.807, 2.05) is 6.07 Å². The highest BCUT2D eigenvalue weighted by Crippen LogP contribution is 2.22. The molecule has 2 rings (SSSR count). The number of aromatic nitrogens is 1. The van der Waals surface area contributed by atoms with E-state index in [0.717, 1.165) is 17.5 Å². The van der Waals surface area contributed by atoms with Crippen molar-refractivity contribution in [2.45, 2.75) is 17.7 Å². The molecule has 124 valence electrons. The topological polar surface area (TPSA) is 80.0 Å². The second kappa shape index (κ2) is 8.57. The molecule has 0 bridgehead atoms. The Hall–Kier alpha value is -2.24. The van der Waals surface area contributed by atoms with Gasteiger partial charge in [-0.1, -0.05) is 12.1 Å². The molecule has 1 aromatic heterocycles. The van der Waals surface area contributed by atoms with Gasteiger partial charge in [0.2, 0.25) is 0 Å². The van der Waals surface area contributed by atoms with Crippen LogP contribution >= 0.6 is 23.1 Å². The van der Waals surface area contributed by atoms with Crippen molar-refractivity contribution in [1.82, 2.24) is 4.98 Å². The molecule has 0 N–H and O–H groups in total. The fraction of sp³-hybridized carbons (Fsp3) is 0.250. The largest absolute Gasteiger partial charge is 0.457 e. The van der Waals surface area contributed by atoms with Crippen molar-refractivity contribution in [3.05, 3.63) is 46.2 Å². The van der Waals surface area contributed by atoms with Crippen LogP contribution in [-0.2, 0) is 14.3 Å². The Bertz CT molecular complexity index is 786. The molecule has 0 saturated heterocycles. The van der Waals surface area contributed by atoms with E-state index < -0.39 is 30.1 Å². The van der Waals surface area contributed by atoms with E-state index >= 15 is 0 Å². The first-order chi connectivity index (χ1) is 11.5. The molecule has 0 fully saturated rings. The maximum atomic E-state index is 13.4. The van der Waals surface area contributed by atoms with Crippen LogP contribution in [0.5, 0.6) is 0 Å². The summed E-state index contributed by atoms with van der Waals surface area (Å²) in [5, 5.41) is 11.2. The predicted octanol–water partition coefficient (Wildman–Crippen LogP) is 3.10. The lowest BCUT2D eigenvalue weighted by atomic mass is 10.1. The van der Waals surface area contributed by atoms with E-state index in [2.05, 4.69) is 4.98 Å². The molecule has 1 aromatic carbocycles. The number of hydrogen-bond donors (Lipinski definition) is 0. The van der Waals surface area contributed by atoms with Crippen molar-refractivity contribution >= 4 is 34.9 Å². The first-order valence-electron chi connectivity index (χ1n) is 6.88. The number of thiazole rings is 1. The van der Waals surface area contributed by atoms with Gasteiger partial charge in [-0.3, -0.25) is 9.59 Å². The Labute approximate surface area is 146 Å². The summed E-state index contributed by atoms with van der Waals surface area (Å²) in [6, 6.07) is 7.93. The summed E-state index contributed by atoms with van der Waals surface area (Å²) >= 11 is 2.20. The van der Waals surface area contributed by atoms with E-state index in [0.29, 0.717) is 9.90 Å². The summed E-state index contributed by atoms with van der Waals surface area (Å²) in [6.45, 7) is 1.26. The lowest BCUT2D eigenvalue weighted by Gasteiger charge is -2.07. The maximum absolute atomic E-state index is 13.4. The molecule has 24 heavy (non-hydrogen) atoms. The third kappa shape index (κ3) is 4.88. The average molecular weight is 364 g/mol. The molecule has 8 heteroatoms. The number of rotatable bonds is 7. The number of benzene rings is 1. The molecule has 0 unspecified atom stereocenters. The van der Waals surface area contributed by atoms with Crippen molar-refractivity contribution in [2.75, 3.05) is 12.4 Å². The van der Waals surface area contributed by atoms with Crippen molar-refractivity contribution in [2.24, 2.45) is 0 Å². The van der Waals surface area contributed by atoms with Crippen LogP contribution in [0, 0.1) is 24.1 Å². The SMILES string of the molecule is Cc1csc([C@@H](C#N)C(=O)COC(=O)CSc2ccccc2F)n1. The van der Waals surface area contributed by atoms with E-state index in [4.69, 9.17) is 10.00 Å². The summed E-state index contributed by atoms with van der Waals surface area (Å²) < 4.78 is 18.3. The second-order valence-corrected chi connectivity index (χ2v) is 6.64. The zero-order valence-corrected chi connectivity index (χ0v) is 14.3. The minimum atomic E-state index is -1.05. The predicted molar refractivity (Wildman–Crippen MR) is 88.3 cm³/mol. The number of Topliss-reactive ketones (excluding diaryl/α,β-unsaturated/α-hetero) is 1. The Kier molecular flexibility index (Phi) is 6.46. The van der Waals surface area contributed by atoms with Gasteiger partial charge < -0.3 is 4.74 Å². The molecule has 0 radical (unpaired) electrons. The average Bonchev–Trinajstić information content (AvgIpc) is 2.99. The molecule has 0 saturated carbocycles. The van der Waals surface area contributed by atoms with Crippen molar-refractivity contribution < 1.29 is 18.7 Å². The molecule has 0 aliphatic rings. The quantitative estimate of drug-likeness (QED) is 0.555. The fourth-order valence-corrected chi connectivity index (χ4v) is 3.34. The van der Waals surface area contributed by atoms with Crippen LogP contribution in [0.1, 0.15) is 16.6 Å². The number of thioether (sulfide) groups is 1. The van der Waals surface area contributed by atoms with Crippen molar-refractivity contribution in [1.29, 1.82) is 5.26 Å². The third-order valence-corrected chi connectivity index (χ3v) is 4.94. The summed E-state index contributed by atoms with van der Waals surface area (Å²) in [5.41, 5.74) is 0.723. The summed E-state index contributed by atoms with van der Waals surface area (Å²) in [4.78, 5) is 28.1. The van der Waals surface area contributed by atoms with Gasteiger partial charge >= 0.3 is 5.97 Å². The second-order valence-electron chi connectivity index (χ2n) is 4.74. The highest BCUT2D eigenvalue weighted by atomic mass is 32.2. The van der Waals surface area contributed by atoms with Crippen LogP contribution in [0.2, 0.25) is 0 Å². The Morgan fingerprint density at radius 3 is 2.83 bits per heavy atom. The smallest absolute Gasteiger partial charge is 0.316 e. The standard InChI is InChI=1S/C16H13FN2O3S2/c1-10-8-24-16(19-10)11(6-18)13(20)7-22-15(21)9-23-14-5-3-2-4-12(14)17/h2-5,8,11H,7,9H2,1H3/t11-/m0/s1. The summed E-state index contributed by atoms with van der Waals surface area (Å²) in [6.07, 6.45) is 0. The number of carbonyl (C=O) groups is 2. The van der Waals surface area contributed by atoms with Gasteiger partial charge in [-0.25, -0.2) is 9.37 Å². The zero-order valence-electron chi connectivity index (χ0n) is 12.7. The number of aryl methyl sites for hydroxylation is 1. The molecular weight excluding hydrogens is 351 g/mol. The van der Waals surface area contributed by atoms with Gasteiger partial charge in [0.15, 0.2) is 18.3 Å². The van der Waals surface area contributed by atoms with Gasteiger partial charge in [0, 0.05) is 16.0 Å². The molecule has 5 nitrogen and oxygen atoms in total. The monoisotopic (exact) mass is 364 g/mol. The van der Waals surface area contributed by atoms with Gasteiger partial charge in [-0.2, -0.15) is 5.26 Å². The number of hydrogen-bond acceptors (Lipinski definition) is 7. The van der Waals surface area contributed by atoms with Crippen LogP contribution in [0.4, 0.5) is 4.39 Å². The number of carbonyl (C=O) groups excluding carboxylic acids is 2. The van der Waals surface area contributed by atoms with E-state index in [-0.39, 0.29) is 5.75 Å². The molecule has 2 aromatic rings. The third-order valence-electron chi connectivity index (χ3n) is 2.89. The minimum Gasteiger partial charge on any atom is -0.457 e. The van der Waals surface area contributed by atoms with Crippen LogP contribution in [0.3, 0.4) is 0 Å². The molecular formula is C16H13FN2O3S2. The first kappa shape index (κ1) is 18.1. The van der Waals surface area contributed by atoms with Gasteiger partial charge in [-0.05, 0) is 19.1 Å². The van der Waals surface area contributed by atoms with Crippen LogP contribution in [0.25, 0.3) is 0 Å². The number of nitriles is 1. The Balaban J connectivity index is 1.83. The zero-order chi connectivity index (χ0) is 17.5. The first-order valence-corrected chi connectivity index (χ1v) is 8.75. The fourth-order valence-electron chi connectivity index (χ4n) is 1.74. The number of halogens is 1. The van der Waals surface area contributed by atoms with Crippen LogP contribution < -0.4 is 0 Å². The highest BCUT2D eigenvalue weighted by Gasteiger charge is 2.24. The van der Waals surface area contributed by atoms with Gasteiger partial charge in [0.1, 0.15) is 10.8 Å².